The molecular formula is C26H25FN4O4. The molecule has 0 bridgehead atoms. The smallest absolute Gasteiger partial charge is 0.212 e. The van der Waals surface area contributed by atoms with Crippen LogP contribution in [0.1, 0.15) is 22.8 Å². The number of ether oxygens (including phenoxy) is 4. The zero-order valence-corrected chi connectivity index (χ0v) is 19.5. The van der Waals surface area contributed by atoms with Crippen molar-refractivity contribution < 1.29 is 23.3 Å². The molecule has 1 unspecified atom stereocenters. The molecule has 35 heavy (non-hydrogen) atoms. The summed E-state index contributed by atoms with van der Waals surface area (Å²) in [6.45, 7) is 2.02. The van der Waals surface area contributed by atoms with Crippen molar-refractivity contribution in [2.45, 2.75) is 18.6 Å². The van der Waals surface area contributed by atoms with Gasteiger partial charge >= 0.3 is 0 Å². The van der Waals surface area contributed by atoms with Crippen molar-refractivity contribution in [3.63, 3.8) is 0 Å². The van der Waals surface area contributed by atoms with Gasteiger partial charge in [0.2, 0.25) is 5.88 Å². The second-order valence-electron chi connectivity index (χ2n) is 8.78. The average molecular weight is 477 g/mol. The van der Waals surface area contributed by atoms with Crippen LogP contribution in [0.3, 0.4) is 0 Å². The van der Waals surface area contributed by atoms with Crippen LogP contribution in [0.15, 0.2) is 55.0 Å². The van der Waals surface area contributed by atoms with E-state index in [1.807, 2.05) is 29.0 Å². The SMILES string of the molecule is COc1ccc(C2COc3cc(Cc4cnn5cc(N6CC(OC)C6)ccc45)cc(F)c3O2)cn1. The maximum Gasteiger partial charge on any atom is 0.212 e. The van der Waals surface area contributed by atoms with Gasteiger partial charge in [-0.05, 0) is 35.9 Å². The molecule has 9 heteroatoms. The molecule has 2 aliphatic rings. The fourth-order valence-corrected chi connectivity index (χ4v) is 4.52. The monoisotopic (exact) mass is 476 g/mol. The molecule has 8 nitrogen and oxygen atoms in total. The van der Waals surface area contributed by atoms with E-state index in [0.29, 0.717) is 18.1 Å². The summed E-state index contributed by atoms with van der Waals surface area (Å²) in [5.74, 6) is 0.579. The number of fused-ring (bicyclic) bond motifs is 2. The van der Waals surface area contributed by atoms with E-state index in [0.717, 1.165) is 41.0 Å². The fourth-order valence-electron chi connectivity index (χ4n) is 4.52. The van der Waals surface area contributed by atoms with Crippen molar-refractivity contribution in [2.24, 2.45) is 0 Å². The lowest BCUT2D eigenvalue weighted by Crippen LogP contribution is -2.51. The first kappa shape index (κ1) is 21.7. The van der Waals surface area contributed by atoms with Gasteiger partial charge < -0.3 is 23.8 Å². The lowest BCUT2D eigenvalue weighted by atomic mass is 10.0. The maximum atomic E-state index is 15.1. The lowest BCUT2D eigenvalue weighted by Gasteiger charge is -2.39. The van der Waals surface area contributed by atoms with E-state index in [-0.39, 0.29) is 18.5 Å². The van der Waals surface area contributed by atoms with Crippen LogP contribution in [0, 0.1) is 5.82 Å². The Labute approximate surface area is 201 Å². The molecule has 0 radical (unpaired) electrons. The molecule has 180 valence electrons. The summed E-state index contributed by atoms with van der Waals surface area (Å²) in [6, 6.07) is 11.1. The Balaban J connectivity index is 1.19. The Kier molecular flexibility index (Phi) is 5.41. The molecule has 1 saturated heterocycles. The van der Waals surface area contributed by atoms with Crippen LogP contribution in [-0.4, -0.2) is 54.6 Å². The minimum absolute atomic E-state index is 0.120. The number of benzene rings is 1. The number of nitrogens with zero attached hydrogens (tertiary/aromatic N) is 4. The first-order valence-electron chi connectivity index (χ1n) is 11.5. The molecule has 0 spiro atoms. The van der Waals surface area contributed by atoms with Crippen LogP contribution in [-0.2, 0) is 11.2 Å². The number of anilines is 1. The third kappa shape index (κ3) is 4.01. The van der Waals surface area contributed by atoms with Crippen molar-refractivity contribution in [3.8, 4) is 17.4 Å². The summed E-state index contributed by atoms with van der Waals surface area (Å²) in [6.07, 6.45) is 5.86. The van der Waals surface area contributed by atoms with E-state index in [1.165, 1.54) is 6.07 Å². The van der Waals surface area contributed by atoms with Gasteiger partial charge in [-0.3, -0.25) is 0 Å². The van der Waals surface area contributed by atoms with Crippen LogP contribution in [0.2, 0.25) is 0 Å². The highest BCUT2D eigenvalue weighted by molar-refractivity contribution is 5.61. The molecule has 0 N–H and O–H groups in total. The molecule has 6 rings (SSSR count). The zero-order chi connectivity index (χ0) is 23.9. The van der Waals surface area contributed by atoms with Crippen molar-refractivity contribution in [2.75, 3.05) is 38.8 Å². The highest BCUT2D eigenvalue weighted by atomic mass is 19.1. The Bertz CT molecular complexity index is 1370. The van der Waals surface area contributed by atoms with E-state index >= 15 is 4.39 Å². The summed E-state index contributed by atoms with van der Waals surface area (Å²) < 4.78 is 39.2. The van der Waals surface area contributed by atoms with Gasteiger partial charge in [0.25, 0.3) is 0 Å². The molecule has 3 aromatic heterocycles. The van der Waals surface area contributed by atoms with Gasteiger partial charge in [0.1, 0.15) is 6.61 Å². The van der Waals surface area contributed by atoms with E-state index in [4.69, 9.17) is 18.9 Å². The molecule has 0 aliphatic carbocycles. The molecule has 0 saturated carbocycles. The largest absolute Gasteiger partial charge is 0.485 e. The minimum atomic E-state index is -0.451. The Hall–Kier alpha value is -3.85. The summed E-state index contributed by atoms with van der Waals surface area (Å²) in [7, 11) is 3.29. The number of methoxy groups -OCH3 is 2. The highest BCUT2D eigenvalue weighted by Gasteiger charge is 2.28. The number of aromatic nitrogens is 3. The third-order valence-corrected chi connectivity index (χ3v) is 6.58. The van der Waals surface area contributed by atoms with E-state index in [1.54, 1.807) is 26.5 Å². The normalized spacial score (nSPS) is 17.5. The first-order valence-corrected chi connectivity index (χ1v) is 11.5. The number of pyridine rings is 2. The van der Waals surface area contributed by atoms with Crippen LogP contribution in [0.25, 0.3) is 5.52 Å². The van der Waals surface area contributed by atoms with Crippen molar-refractivity contribution in [1.29, 1.82) is 0 Å². The molecule has 5 heterocycles. The summed E-state index contributed by atoms with van der Waals surface area (Å²) in [5, 5.41) is 4.52. The van der Waals surface area contributed by atoms with Crippen molar-refractivity contribution >= 4 is 11.2 Å². The molecule has 1 atom stereocenters. The van der Waals surface area contributed by atoms with Crippen LogP contribution < -0.4 is 19.1 Å². The van der Waals surface area contributed by atoms with Crippen LogP contribution in [0.4, 0.5) is 10.1 Å². The molecular weight excluding hydrogens is 451 g/mol. The fraction of sp³-hybridized carbons (Fsp3) is 0.308. The van der Waals surface area contributed by atoms with Gasteiger partial charge in [0.05, 0.1) is 36.8 Å². The van der Waals surface area contributed by atoms with E-state index in [9.17, 15) is 0 Å². The molecule has 0 amide bonds. The minimum Gasteiger partial charge on any atom is -0.485 e. The highest BCUT2D eigenvalue weighted by Crippen LogP contribution is 2.40. The predicted octanol–water partition coefficient (Wildman–Crippen LogP) is 3.82. The van der Waals surface area contributed by atoms with Gasteiger partial charge in [-0.25, -0.2) is 13.9 Å². The number of rotatable bonds is 6. The van der Waals surface area contributed by atoms with Gasteiger partial charge in [-0.15, -0.1) is 0 Å². The summed E-state index contributed by atoms with van der Waals surface area (Å²) in [4.78, 5) is 6.44. The van der Waals surface area contributed by atoms with Crippen LogP contribution in [0.5, 0.6) is 17.4 Å². The second-order valence-corrected chi connectivity index (χ2v) is 8.78. The number of hydrogen-bond donors (Lipinski definition) is 0. The molecule has 1 fully saturated rings. The Morgan fingerprint density at radius 1 is 1.11 bits per heavy atom. The maximum absolute atomic E-state index is 15.1. The Morgan fingerprint density at radius 2 is 2.00 bits per heavy atom. The summed E-state index contributed by atoms with van der Waals surface area (Å²) >= 11 is 0. The lowest BCUT2D eigenvalue weighted by molar-refractivity contribution is 0.0787. The predicted molar refractivity (Wildman–Crippen MR) is 127 cm³/mol. The van der Waals surface area contributed by atoms with Gasteiger partial charge in [-0.2, -0.15) is 5.10 Å². The second kappa shape index (κ2) is 8.74. The topological polar surface area (TPSA) is 70.4 Å². The summed E-state index contributed by atoms with van der Waals surface area (Å²) in [5.41, 5.74) is 4.68. The standard InChI is InChI=1S/C26H25FN4O4/c1-32-20-13-30(14-20)19-4-5-22-18(11-29-31(22)12-19)7-16-8-21(27)26-23(9-16)34-15-24(35-26)17-3-6-25(33-2)28-10-17/h3-6,8-12,20,24H,7,13-15H2,1-2H3. The van der Waals surface area contributed by atoms with E-state index in [2.05, 4.69) is 27.1 Å². The molecule has 4 aromatic rings. The van der Waals surface area contributed by atoms with Crippen molar-refractivity contribution in [3.05, 3.63) is 77.5 Å². The van der Waals surface area contributed by atoms with Gasteiger partial charge in [0.15, 0.2) is 23.4 Å². The first-order chi connectivity index (χ1) is 17.1. The molecule has 2 aliphatic heterocycles. The van der Waals surface area contributed by atoms with Crippen molar-refractivity contribution in [1.82, 2.24) is 14.6 Å². The van der Waals surface area contributed by atoms with Crippen LogP contribution >= 0.6 is 0 Å². The number of hydrogen-bond acceptors (Lipinski definition) is 7. The Morgan fingerprint density at radius 3 is 2.77 bits per heavy atom. The van der Waals surface area contributed by atoms with Gasteiger partial charge in [-0.1, -0.05) is 0 Å². The zero-order valence-electron chi connectivity index (χ0n) is 19.5. The van der Waals surface area contributed by atoms with Gasteiger partial charge in [0, 0.05) is 50.0 Å². The average Bonchev–Trinajstić information content (AvgIpc) is 3.25. The molecule has 1 aromatic carbocycles. The quantitative estimate of drug-likeness (QED) is 0.419. The third-order valence-electron chi connectivity index (χ3n) is 6.58. The number of halogens is 1. The van der Waals surface area contributed by atoms with E-state index < -0.39 is 11.9 Å².